The van der Waals surface area contributed by atoms with Crippen LogP contribution in [-0.4, -0.2) is 123 Å². The average molecular weight is 785 g/mol. The fourth-order valence-electron chi connectivity index (χ4n) is 2.95. The summed E-state index contributed by atoms with van der Waals surface area (Å²) in [5.74, 6) is -109. The highest BCUT2D eigenvalue weighted by Crippen LogP contribution is 2.68. The molecule has 290 valence electrons. The Morgan fingerprint density at radius 3 is 0.750 bits per heavy atom. The monoisotopic (exact) mass is 785 g/mol. The van der Waals surface area contributed by atoms with Crippen LogP contribution in [0.15, 0.2) is 0 Å². The zero-order chi connectivity index (χ0) is 39.8. The van der Waals surface area contributed by atoms with Gasteiger partial charge in [0.05, 0.1) is 34.2 Å². The SMILES string of the molecule is C[N+](C)(C)CCNCC(F)(F)C(F)(F)C(F)(F)C(F)(F)C(F)(F)C(F)(F)C(F)(F)C(F)(F)C(F)(F)C(F)(F)C(F)(F)C(F)(F)C(F)(F)F. The Hall–Kier alpha value is -1.97. The summed E-state index contributed by atoms with van der Waals surface area (Å²) in [6, 6.07) is 0. The molecule has 0 radical (unpaired) electrons. The van der Waals surface area contributed by atoms with E-state index in [0.29, 0.717) is 0 Å². The van der Waals surface area contributed by atoms with E-state index in [9.17, 15) is 119 Å². The number of alkyl halides is 27. The molecule has 0 aliphatic rings. The number of nitrogens with one attached hydrogen (secondary N) is 1. The van der Waals surface area contributed by atoms with Crippen LogP contribution in [-0.2, 0) is 0 Å². The highest BCUT2D eigenvalue weighted by molar-refractivity contribution is 5.20. The van der Waals surface area contributed by atoms with Crippen molar-refractivity contribution >= 4 is 0 Å². The molecule has 48 heavy (non-hydrogen) atoms. The van der Waals surface area contributed by atoms with E-state index in [4.69, 9.17) is 0 Å². The molecule has 2 nitrogen and oxygen atoms in total. The summed E-state index contributed by atoms with van der Waals surface area (Å²) in [4.78, 5) is 0. The molecule has 0 aliphatic carbocycles. The molecule has 0 unspecified atom stereocenters. The normalized spacial score (nSPS) is 16.9. The molecular formula is C19H16F27N2+. The molecule has 0 aromatic carbocycles. The lowest BCUT2D eigenvalue weighted by molar-refractivity contribution is -0.869. The summed E-state index contributed by atoms with van der Waals surface area (Å²) < 4.78 is 363. The molecule has 1 N–H and O–H groups in total. The maximum Gasteiger partial charge on any atom is 0.460 e. The predicted molar refractivity (Wildman–Crippen MR) is 101 cm³/mol. The maximum atomic E-state index is 13.9. The molecule has 29 heteroatoms. The van der Waals surface area contributed by atoms with Crippen LogP contribution in [0.5, 0.6) is 0 Å². The van der Waals surface area contributed by atoms with Gasteiger partial charge < -0.3 is 9.80 Å². The van der Waals surface area contributed by atoms with Crippen LogP contribution in [0.4, 0.5) is 119 Å². The Bertz CT molecular complexity index is 1130. The van der Waals surface area contributed by atoms with Gasteiger partial charge in [0.2, 0.25) is 0 Å². The lowest BCUT2D eigenvalue weighted by atomic mass is 9.84. The zero-order valence-corrected chi connectivity index (χ0v) is 22.8. The van der Waals surface area contributed by atoms with Gasteiger partial charge in [-0.05, 0) is 0 Å². The molecule has 0 bridgehead atoms. The molecule has 0 aromatic rings. The number of likely N-dealkylation sites (N-methyl/N-ethyl adjacent to an activating group) is 1. The number of rotatable bonds is 16. The number of halogens is 27. The van der Waals surface area contributed by atoms with Crippen molar-refractivity contribution in [3.63, 3.8) is 0 Å². The van der Waals surface area contributed by atoms with Crippen LogP contribution >= 0.6 is 0 Å². The quantitative estimate of drug-likeness (QED) is 0.0942. The second-order valence-electron chi connectivity index (χ2n) is 10.7. The van der Waals surface area contributed by atoms with Crippen molar-refractivity contribution in [1.82, 2.24) is 5.32 Å². The Balaban J connectivity index is 7.18. The summed E-state index contributed by atoms with van der Waals surface area (Å²) >= 11 is 0. The van der Waals surface area contributed by atoms with Crippen LogP contribution < -0.4 is 5.32 Å². The fourth-order valence-corrected chi connectivity index (χ4v) is 2.95. The van der Waals surface area contributed by atoms with Gasteiger partial charge in [0.15, 0.2) is 0 Å². The summed E-state index contributed by atoms with van der Waals surface area (Å²) in [6.45, 7) is -4.33. The van der Waals surface area contributed by atoms with Crippen molar-refractivity contribution in [2.75, 3.05) is 40.8 Å². The van der Waals surface area contributed by atoms with Gasteiger partial charge in [0.1, 0.15) is 0 Å². The molecule has 0 aromatic heterocycles. The predicted octanol–water partition coefficient (Wildman–Crippen LogP) is 8.47. The first kappa shape index (κ1) is 46.0. The third-order valence-electron chi connectivity index (χ3n) is 6.07. The van der Waals surface area contributed by atoms with E-state index in [2.05, 4.69) is 0 Å². The van der Waals surface area contributed by atoms with Crippen molar-refractivity contribution in [1.29, 1.82) is 0 Å². The zero-order valence-electron chi connectivity index (χ0n) is 22.8. The third kappa shape index (κ3) is 6.16. The van der Waals surface area contributed by atoms with Crippen molar-refractivity contribution in [2.24, 2.45) is 0 Å². The van der Waals surface area contributed by atoms with Gasteiger partial charge in [0, 0.05) is 6.54 Å². The second kappa shape index (κ2) is 11.8. The first-order valence-corrected chi connectivity index (χ1v) is 11.3. The number of hydrogen-bond donors (Lipinski definition) is 1. The Labute approximate surface area is 247 Å². The molecular weight excluding hydrogens is 769 g/mol. The Kier molecular flexibility index (Phi) is 11.3. The minimum Gasteiger partial charge on any atom is -0.330 e. The van der Waals surface area contributed by atoms with Gasteiger partial charge in [-0.1, -0.05) is 0 Å². The van der Waals surface area contributed by atoms with E-state index in [1.165, 1.54) is 26.5 Å². The standard InChI is InChI=1S/C19H16F27N2/c1-48(2,3)5-4-47-6-7(20,21)8(22,23)9(24,25)10(26,27)11(28,29)12(30,31)13(32,33)14(34,35)15(36,37)16(38,39)17(40,41)18(42,43)19(44,45)46/h47H,4-6H2,1-3H3/q+1. The largest absolute Gasteiger partial charge is 0.460 e. The van der Waals surface area contributed by atoms with E-state index in [1.807, 2.05) is 0 Å². The number of nitrogens with zero attached hydrogens (tertiary/aromatic N) is 1. The van der Waals surface area contributed by atoms with Gasteiger partial charge in [-0.3, -0.25) is 0 Å². The van der Waals surface area contributed by atoms with Crippen molar-refractivity contribution < 1.29 is 123 Å². The van der Waals surface area contributed by atoms with Crippen LogP contribution in [0.2, 0.25) is 0 Å². The molecule has 0 spiro atoms. The Morgan fingerprint density at radius 1 is 0.333 bits per heavy atom. The van der Waals surface area contributed by atoms with Gasteiger partial charge >= 0.3 is 77.2 Å². The van der Waals surface area contributed by atoms with E-state index in [0.717, 1.165) is 0 Å². The third-order valence-corrected chi connectivity index (χ3v) is 6.07. The first-order valence-electron chi connectivity index (χ1n) is 11.3. The molecule has 0 saturated heterocycles. The van der Waals surface area contributed by atoms with Crippen molar-refractivity contribution in [3.8, 4) is 0 Å². The number of hydrogen-bond acceptors (Lipinski definition) is 1. The highest BCUT2D eigenvalue weighted by atomic mass is 19.4. The molecule has 0 aliphatic heterocycles. The van der Waals surface area contributed by atoms with Crippen molar-refractivity contribution in [2.45, 2.75) is 77.2 Å². The van der Waals surface area contributed by atoms with E-state index in [-0.39, 0.29) is 4.48 Å². The minimum atomic E-state index is -9.76. The Morgan fingerprint density at radius 2 is 0.542 bits per heavy atom. The van der Waals surface area contributed by atoms with Crippen LogP contribution in [0.3, 0.4) is 0 Å². The molecule has 0 rings (SSSR count). The smallest absolute Gasteiger partial charge is 0.330 e. The van der Waals surface area contributed by atoms with Crippen LogP contribution in [0.25, 0.3) is 0 Å². The topological polar surface area (TPSA) is 12.0 Å². The fraction of sp³-hybridized carbons (Fsp3) is 1.00. The summed E-state index contributed by atoms with van der Waals surface area (Å²) in [6.07, 6.45) is -8.23. The van der Waals surface area contributed by atoms with Crippen molar-refractivity contribution in [3.05, 3.63) is 0 Å². The highest BCUT2D eigenvalue weighted by Gasteiger charge is 3.00. The van der Waals surface area contributed by atoms with Crippen LogP contribution in [0.1, 0.15) is 0 Å². The molecule has 0 saturated carbocycles. The van der Waals surface area contributed by atoms with Gasteiger partial charge in [-0.15, -0.1) is 0 Å². The van der Waals surface area contributed by atoms with Gasteiger partial charge in [-0.25, -0.2) is 0 Å². The van der Waals surface area contributed by atoms with Gasteiger partial charge in [0.25, 0.3) is 0 Å². The lowest BCUT2D eigenvalue weighted by Crippen LogP contribution is -2.79. The minimum absolute atomic E-state index is 0.253. The van der Waals surface area contributed by atoms with Gasteiger partial charge in [-0.2, -0.15) is 119 Å². The second-order valence-corrected chi connectivity index (χ2v) is 10.7. The summed E-state index contributed by atoms with van der Waals surface area (Å²) in [5.41, 5.74) is 0. The molecule has 0 amide bonds. The molecule has 0 heterocycles. The first-order chi connectivity index (χ1) is 20.2. The average Bonchev–Trinajstić information content (AvgIpc) is 2.83. The maximum absolute atomic E-state index is 13.9. The summed E-state index contributed by atoms with van der Waals surface area (Å²) in [5, 5.41) is 1.17. The van der Waals surface area contributed by atoms with E-state index in [1.54, 1.807) is 0 Å². The molecule has 0 atom stereocenters. The molecule has 0 fully saturated rings. The lowest BCUT2D eigenvalue weighted by Gasteiger charge is -2.46. The van der Waals surface area contributed by atoms with E-state index >= 15 is 0 Å². The summed E-state index contributed by atoms with van der Waals surface area (Å²) in [7, 11) is 3.77. The number of quaternary nitrogens is 1. The van der Waals surface area contributed by atoms with Crippen LogP contribution in [0, 0.1) is 0 Å². The van der Waals surface area contributed by atoms with E-state index < -0.39 is 96.9 Å².